The molecule has 16 heteroatoms. The second-order valence-corrected chi connectivity index (χ2v) is 11.1. The molecule has 6 atom stereocenters. The number of nitrogens with one attached hydrogen (secondary N) is 2. The van der Waals surface area contributed by atoms with Gasteiger partial charge in [0.15, 0.2) is 12.2 Å². The van der Waals surface area contributed by atoms with Crippen molar-refractivity contribution >= 4 is 48.3 Å². The monoisotopic (exact) mass is 624 g/mol. The van der Waals surface area contributed by atoms with Crippen LogP contribution >= 0.6 is 7.75 Å². The molecule has 0 aliphatic carbocycles. The number of fused-ring (bicyclic) bond motifs is 1. The summed E-state index contributed by atoms with van der Waals surface area (Å²) in [5.41, 5.74) is 0. The predicted molar refractivity (Wildman–Crippen MR) is 147 cm³/mol. The van der Waals surface area contributed by atoms with E-state index in [4.69, 9.17) is 28.0 Å². The molecule has 2 unspecified atom stereocenters. The topological polar surface area (TPSA) is 191 Å². The molecule has 0 aromatic heterocycles. The Bertz CT molecular complexity index is 1390. The van der Waals surface area contributed by atoms with Gasteiger partial charge < -0.3 is 33.5 Å². The third kappa shape index (κ3) is 9.48. The zero-order valence-electron chi connectivity index (χ0n) is 24.1. The highest BCUT2D eigenvalue weighted by Crippen LogP contribution is 2.46. The molecule has 2 aromatic rings. The lowest BCUT2D eigenvalue weighted by Crippen LogP contribution is -2.66. The number of carbonyl (C=O) groups is 5. The van der Waals surface area contributed by atoms with Crippen LogP contribution in [0, 0.1) is 0 Å². The number of amides is 1. The van der Waals surface area contributed by atoms with E-state index in [1.54, 1.807) is 30.3 Å². The molecule has 2 N–H and O–H groups in total. The molecule has 1 amide bonds. The van der Waals surface area contributed by atoms with Gasteiger partial charge in [-0.05, 0) is 11.5 Å². The number of methoxy groups -OCH3 is 1. The van der Waals surface area contributed by atoms with E-state index in [9.17, 15) is 28.5 Å². The van der Waals surface area contributed by atoms with Crippen LogP contribution in [0.3, 0.4) is 0 Å². The molecule has 1 saturated heterocycles. The van der Waals surface area contributed by atoms with Crippen LogP contribution in [0.5, 0.6) is 5.75 Å². The maximum absolute atomic E-state index is 14.0. The summed E-state index contributed by atoms with van der Waals surface area (Å²) in [6.07, 6.45) is -5.82. The van der Waals surface area contributed by atoms with Gasteiger partial charge in [-0.2, -0.15) is 0 Å². The van der Waals surface area contributed by atoms with E-state index in [0.29, 0.717) is 5.39 Å². The number of hydrogen-bond donors (Lipinski definition) is 2. The van der Waals surface area contributed by atoms with Crippen molar-refractivity contribution in [1.82, 2.24) is 10.4 Å². The van der Waals surface area contributed by atoms with Gasteiger partial charge in [0.1, 0.15) is 24.4 Å². The van der Waals surface area contributed by atoms with E-state index in [-0.39, 0.29) is 5.75 Å². The lowest BCUT2D eigenvalue weighted by Gasteiger charge is -2.44. The van der Waals surface area contributed by atoms with Crippen LogP contribution in [0.1, 0.15) is 27.7 Å². The van der Waals surface area contributed by atoms with Crippen LogP contribution in [0.25, 0.3) is 10.8 Å². The Kier molecular flexibility index (Phi) is 11.6. The molecule has 15 nitrogen and oxygen atoms in total. The lowest BCUT2D eigenvalue weighted by atomic mass is 9.96. The van der Waals surface area contributed by atoms with E-state index >= 15 is 0 Å². The standard InChI is InChI=1S/C27H33N2O13P/c1-15(30)29-24-26(39-17(3)32)25(38-16(2)31)22(41-27(24)40-18(4)33)14-37-43(35,28-13-23(34)36-5)42-21-12-8-10-19-9-6-7-11-20(19)21/h6-12,22,24-27H,13-14H2,1-5H3,(H,28,35)(H,29,30)/t22-,24+,25-,26-,27?,43?/m1/s1. The first kappa shape index (κ1) is 33.5. The lowest BCUT2D eigenvalue weighted by molar-refractivity contribution is -0.268. The van der Waals surface area contributed by atoms with Crippen molar-refractivity contribution in [3.05, 3.63) is 42.5 Å². The summed E-state index contributed by atoms with van der Waals surface area (Å²) in [5.74, 6) is -3.66. The van der Waals surface area contributed by atoms with Crippen molar-refractivity contribution in [2.24, 2.45) is 0 Å². The van der Waals surface area contributed by atoms with Crippen molar-refractivity contribution in [3.8, 4) is 5.75 Å². The summed E-state index contributed by atoms with van der Waals surface area (Å²) in [4.78, 5) is 59.9. The van der Waals surface area contributed by atoms with E-state index in [1.807, 2.05) is 12.1 Å². The predicted octanol–water partition coefficient (Wildman–Crippen LogP) is 1.76. The Hall–Kier alpha value is -4.04. The van der Waals surface area contributed by atoms with Crippen LogP contribution in [0.2, 0.25) is 0 Å². The van der Waals surface area contributed by atoms with Crippen molar-refractivity contribution in [2.75, 3.05) is 20.3 Å². The van der Waals surface area contributed by atoms with Gasteiger partial charge in [0.25, 0.3) is 0 Å². The second kappa shape index (κ2) is 14.9. The molecule has 1 heterocycles. The third-order valence-electron chi connectivity index (χ3n) is 5.92. The minimum absolute atomic E-state index is 0.154. The Labute approximate surface area is 247 Å². The number of carbonyl (C=O) groups excluding carboxylic acids is 5. The smallest absolute Gasteiger partial charge is 0.459 e. The third-order valence-corrected chi connectivity index (χ3v) is 7.40. The fourth-order valence-electron chi connectivity index (χ4n) is 4.27. The Morgan fingerprint density at radius 2 is 1.49 bits per heavy atom. The first-order valence-electron chi connectivity index (χ1n) is 13.0. The Morgan fingerprint density at radius 1 is 0.860 bits per heavy atom. The van der Waals surface area contributed by atoms with Crippen LogP contribution in [0.15, 0.2) is 42.5 Å². The van der Waals surface area contributed by atoms with Gasteiger partial charge in [0, 0.05) is 33.1 Å². The molecule has 1 aliphatic rings. The number of ether oxygens (including phenoxy) is 5. The summed E-state index contributed by atoms with van der Waals surface area (Å²) in [7, 11) is -3.29. The molecule has 1 aliphatic heterocycles. The summed E-state index contributed by atoms with van der Waals surface area (Å²) in [6, 6.07) is 10.8. The Balaban J connectivity index is 1.98. The number of rotatable bonds is 12. The maximum atomic E-state index is 14.0. The Morgan fingerprint density at radius 3 is 2.12 bits per heavy atom. The highest BCUT2D eigenvalue weighted by Gasteiger charge is 2.52. The molecule has 43 heavy (non-hydrogen) atoms. The molecule has 1 fully saturated rings. The summed E-state index contributed by atoms with van der Waals surface area (Å²) < 4.78 is 52.0. The van der Waals surface area contributed by atoms with Gasteiger partial charge in [-0.15, -0.1) is 0 Å². The first-order chi connectivity index (χ1) is 20.3. The van der Waals surface area contributed by atoms with Crippen molar-refractivity contribution < 1.29 is 61.3 Å². The molecular formula is C27H33N2O13P. The highest BCUT2D eigenvalue weighted by molar-refractivity contribution is 7.52. The van der Waals surface area contributed by atoms with Gasteiger partial charge in [-0.25, -0.2) is 9.65 Å². The van der Waals surface area contributed by atoms with Gasteiger partial charge in [0.05, 0.1) is 13.7 Å². The van der Waals surface area contributed by atoms with Crippen molar-refractivity contribution in [3.63, 3.8) is 0 Å². The van der Waals surface area contributed by atoms with E-state index < -0.39 is 81.3 Å². The van der Waals surface area contributed by atoms with Crippen LogP contribution in [0.4, 0.5) is 0 Å². The summed E-state index contributed by atoms with van der Waals surface area (Å²) in [6.45, 7) is 3.17. The molecular weight excluding hydrogens is 591 g/mol. The average Bonchev–Trinajstić information content (AvgIpc) is 2.93. The number of benzene rings is 2. The fraction of sp³-hybridized carbons (Fsp3) is 0.444. The van der Waals surface area contributed by atoms with Crippen molar-refractivity contribution in [2.45, 2.75) is 58.3 Å². The molecule has 0 saturated carbocycles. The first-order valence-corrected chi connectivity index (χ1v) is 14.5. The molecule has 0 bridgehead atoms. The van der Waals surface area contributed by atoms with Crippen LogP contribution < -0.4 is 14.9 Å². The molecule has 2 aromatic carbocycles. The average molecular weight is 625 g/mol. The van der Waals surface area contributed by atoms with Gasteiger partial charge in [0.2, 0.25) is 12.2 Å². The van der Waals surface area contributed by atoms with Gasteiger partial charge in [-0.3, -0.25) is 28.5 Å². The number of hydrogen-bond acceptors (Lipinski definition) is 13. The zero-order chi connectivity index (χ0) is 31.7. The quantitative estimate of drug-likeness (QED) is 0.197. The molecule has 0 radical (unpaired) electrons. The molecule has 3 rings (SSSR count). The van der Waals surface area contributed by atoms with Crippen LogP contribution in [-0.4, -0.2) is 80.7 Å². The van der Waals surface area contributed by atoms with E-state index in [1.165, 1.54) is 6.92 Å². The largest absolute Gasteiger partial charge is 0.468 e. The second-order valence-electron chi connectivity index (χ2n) is 9.30. The highest BCUT2D eigenvalue weighted by atomic mass is 31.2. The van der Waals surface area contributed by atoms with Crippen LogP contribution in [-0.2, 0) is 56.7 Å². The SMILES string of the molecule is COC(=O)CNP(=O)(OC[C@H]1OC(OC(C)=O)[C@@H](NC(C)=O)[C@@H](OC(C)=O)[C@@H]1OC(C)=O)Oc1cccc2ccccc12. The minimum Gasteiger partial charge on any atom is -0.468 e. The van der Waals surface area contributed by atoms with Crippen molar-refractivity contribution in [1.29, 1.82) is 0 Å². The maximum Gasteiger partial charge on any atom is 0.459 e. The molecule has 0 spiro atoms. The summed E-state index contributed by atoms with van der Waals surface area (Å²) in [5, 5.41) is 6.26. The van der Waals surface area contributed by atoms with E-state index in [2.05, 4.69) is 15.1 Å². The summed E-state index contributed by atoms with van der Waals surface area (Å²) >= 11 is 0. The fourth-order valence-corrected chi connectivity index (χ4v) is 5.56. The minimum atomic E-state index is -4.43. The zero-order valence-corrected chi connectivity index (χ0v) is 25.0. The molecule has 234 valence electrons. The number of esters is 4. The van der Waals surface area contributed by atoms with E-state index in [0.717, 1.165) is 33.3 Å². The normalized spacial score (nSPS) is 22.9. The van der Waals surface area contributed by atoms with Gasteiger partial charge >= 0.3 is 31.6 Å². The van der Waals surface area contributed by atoms with Gasteiger partial charge in [-0.1, -0.05) is 36.4 Å².